The van der Waals surface area contributed by atoms with Crippen LogP contribution in [0.25, 0.3) is 0 Å². The number of rotatable bonds is 4. The lowest BCUT2D eigenvalue weighted by Crippen LogP contribution is -2.20. The minimum absolute atomic E-state index is 0.0546. The maximum atomic E-state index is 11.8. The van der Waals surface area contributed by atoms with Crippen LogP contribution in [0.5, 0.6) is 0 Å². The van der Waals surface area contributed by atoms with Gasteiger partial charge in [0, 0.05) is 23.8 Å². The lowest BCUT2D eigenvalue weighted by atomic mass is 10.2. The quantitative estimate of drug-likeness (QED) is 0.632. The standard InChI is InChI=1S/C13H11N3O5/c1-9-6-13(17)14(8-12(9)16(20)21)7-10-2-4-11(5-3-10)15(18)19/h2-6,8H,7H2,1H3. The molecule has 2 rings (SSSR count). The summed E-state index contributed by atoms with van der Waals surface area (Å²) in [5.74, 6) is 0. The van der Waals surface area contributed by atoms with Crippen LogP contribution in [0.15, 0.2) is 41.3 Å². The normalized spacial score (nSPS) is 10.3. The van der Waals surface area contributed by atoms with Crippen molar-refractivity contribution in [2.45, 2.75) is 13.5 Å². The van der Waals surface area contributed by atoms with Crippen molar-refractivity contribution in [2.24, 2.45) is 0 Å². The molecule has 0 amide bonds. The summed E-state index contributed by atoms with van der Waals surface area (Å²) in [6.45, 7) is 1.60. The zero-order chi connectivity index (χ0) is 15.6. The van der Waals surface area contributed by atoms with Gasteiger partial charge in [-0.2, -0.15) is 0 Å². The molecule has 0 spiro atoms. The molecule has 8 heteroatoms. The van der Waals surface area contributed by atoms with E-state index in [1.807, 2.05) is 0 Å². The monoisotopic (exact) mass is 289 g/mol. The molecule has 0 radical (unpaired) electrons. The van der Waals surface area contributed by atoms with Gasteiger partial charge in [-0.05, 0) is 12.5 Å². The molecule has 108 valence electrons. The molecule has 1 aromatic heterocycles. The highest BCUT2D eigenvalue weighted by molar-refractivity contribution is 5.37. The summed E-state index contributed by atoms with van der Waals surface area (Å²) in [5, 5.41) is 21.4. The van der Waals surface area contributed by atoms with Gasteiger partial charge in [0.2, 0.25) is 0 Å². The molecule has 0 aliphatic carbocycles. The SMILES string of the molecule is Cc1cc(=O)n(Cc2ccc([N+](=O)[O-])cc2)cc1[N+](=O)[O-]. The molecule has 0 aliphatic rings. The molecule has 0 N–H and O–H groups in total. The largest absolute Gasteiger partial charge is 0.304 e. The van der Waals surface area contributed by atoms with Crippen LogP contribution in [0.1, 0.15) is 11.1 Å². The smallest absolute Gasteiger partial charge is 0.288 e. The van der Waals surface area contributed by atoms with E-state index in [1.165, 1.54) is 48.0 Å². The van der Waals surface area contributed by atoms with E-state index in [-0.39, 0.29) is 23.5 Å². The highest BCUT2D eigenvalue weighted by atomic mass is 16.6. The third-order valence-corrected chi connectivity index (χ3v) is 3.00. The van der Waals surface area contributed by atoms with Gasteiger partial charge in [-0.15, -0.1) is 0 Å². The molecule has 21 heavy (non-hydrogen) atoms. The molecule has 1 aromatic carbocycles. The Kier molecular flexibility index (Phi) is 3.79. The van der Waals surface area contributed by atoms with E-state index < -0.39 is 9.85 Å². The van der Waals surface area contributed by atoms with Gasteiger partial charge in [-0.3, -0.25) is 25.0 Å². The van der Waals surface area contributed by atoms with Crippen molar-refractivity contribution in [3.05, 3.63) is 78.2 Å². The van der Waals surface area contributed by atoms with Gasteiger partial charge in [0.05, 0.1) is 22.6 Å². The summed E-state index contributed by atoms with van der Waals surface area (Å²) in [6.07, 6.45) is 1.18. The Labute approximate surface area is 118 Å². The van der Waals surface area contributed by atoms with Crippen LogP contribution >= 0.6 is 0 Å². The summed E-state index contributed by atoms with van der Waals surface area (Å²) in [7, 11) is 0. The Morgan fingerprint density at radius 3 is 2.24 bits per heavy atom. The fourth-order valence-corrected chi connectivity index (χ4v) is 1.89. The number of nitro groups is 2. The predicted octanol–water partition coefficient (Wildman–Crippen LogP) is 2.02. The van der Waals surface area contributed by atoms with Crippen molar-refractivity contribution in [3.8, 4) is 0 Å². The van der Waals surface area contributed by atoms with Gasteiger partial charge in [0.1, 0.15) is 0 Å². The van der Waals surface area contributed by atoms with E-state index in [9.17, 15) is 25.0 Å². The zero-order valence-corrected chi connectivity index (χ0v) is 11.1. The second-order valence-corrected chi connectivity index (χ2v) is 4.49. The second kappa shape index (κ2) is 5.53. The molecule has 8 nitrogen and oxygen atoms in total. The summed E-state index contributed by atoms with van der Waals surface area (Å²) in [6, 6.07) is 6.86. The van der Waals surface area contributed by atoms with E-state index >= 15 is 0 Å². The van der Waals surface area contributed by atoms with Crippen LogP contribution in [0.2, 0.25) is 0 Å². The molecule has 0 atom stereocenters. The van der Waals surface area contributed by atoms with Gasteiger partial charge in [0.25, 0.3) is 16.9 Å². The molecule has 0 fully saturated rings. The van der Waals surface area contributed by atoms with Gasteiger partial charge < -0.3 is 4.57 Å². The maximum Gasteiger partial charge on any atom is 0.288 e. The topological polar surface area (TPSA) is 108 Å². The molecule has 0 bridgehead atoms. The maximum absolute atomic E-state index is 11.8. The first kappa shape index (κ1) is 14.4. The van der Waals surface area contributed by atoms with Gasteiger partial charge >= 0.3 is 0 Å². The molecule has 0 aliphatic heterocycles. The Morgan fingerprint density at radius 2 is 1.71 bits per heavy atom. The zero-order valence-electron chi connectivity index (χ0n) is 11.1. The number of nitrogens with zero attached hydrogens (tertiary/aromatic N) is 3. The predicted molar refractivity (Wildman–Crippen MR) is 74.3 cm³/mol. The summed E-state index contributed by atoms with van der Waals surface area (Å²) in [4.78, 5) is 32.2. The number of hydrogen-bond acceptors (Lipinski definition) is 5. The molecular weight excluding hydrogens is 278 g/mol. The number of aromatic nitrogens is 1. The van der Waals surface area contributed by atoms with Crippen molar-refractivity contribution in [1.29, 1.82) is 0 Å². The van der Waals surface area contributed by atoms with E-state index in [4.69, 9.17) is 0 Å². The van der Waals surface area contributed by atoms with Crippen LogP contribution in [-0.4, -0.2) is 14.4 Å². The minimum Gasteiger partial charge on any atom is -0.304 e. The van der Waals surface area contributed by atoms with Crippen LogP contribution in [0.3, 0.4) is 0 Å². The average Bonchev–Trinajstić information content (AvgIpc) is 2.42. The van der Waals surface area contributed by atoms with E-state index in [0.29, 0.717) is 11.1 Å². The number of pyridine rings is 1. The highest BCUT2D eigenvalue weighted by Crippen LogP contribution is 2.16. The summed E-state index contributed by atoms with van der Waals surface area (Å²) < 4.78 is 1.20. The van der Waals surface area contributed by atoms with E-state index in [1.54, 1.807) is 0 Å². The van der Waals surface area contributed by atoms with Crippen LogP contribution in [0.4, 0.5) is 11.4 Å². The van der Waals surface area contributed by atoms with Crippen molar-refractivity contribution < 1.29 is 9.85 Å². The fraction of sp³-hybridized carbons (Fsp3) is 0.154. The lowest BCUT2D eigenvalue weighted by molar-refractivity contribution is -0.386. The van der Waals surface area contributed by atoms with Crippen molar-refractivity contribution in [1.82, 2.24) is 4.57 Å². The number of benzene rings is 1. The lowest BCUT2D eigenvalue weighted by Gasteiger charge is -2.06. The minimum atomic E-state index is -0.554. The molecular formula is C13H11N3O5. The van der Waals surface area contributed by atoms with Crippen LogP contribution < -0.4 is 5.56 Å². The summed E-state index contributed by atoms with van der Waals surface area (Å²) >= 11 is 0. The third kappa shape index (κ3) is 3.11. The van der Waals surface area contributed by atoms with Crippen molar-refractivity contribution in [3.63, 3.8) is 0 Å². The molecule has 1 heterocycles. The van der Waals surface area contributed by atoms with Crippen molar-refractivity contribution >= 4 is 11.4 Å². The number of non-ortho nitro benzene ring substituents is 1. The third-order valence-electron chi connectivity index (χ3n) is 3.00. The fourth-order valence-electron chi connectivity index (χ4n) is 1.89. The van der Waals surface area contributed by atoms with Gasteiger partial charge in [-0.1, -0.05) is 12.1 Å². The number of aryl methyl sites for hydroxylation is 1. The molecule has 0 unspecified atom stereocenters. The summed E-state index contributed by atoms with van der Waals surface area (Å²) in [5.41, 5.74) is 0.375. The van der Waals surface area contributed by atoms with Crippen molar-refractivity contribution in [2.75, 3.05) is 0 Å². The number of nitro benzene ring substituents is 1. The van der Waals surface area contributed by atoms with Gasteiger partial charge in [-0.25, -0.2) is 0 Å². The molecule has 2 aromatic rings. The van der Waals surface area contributed by atoms with Crippen LogP contribution in [0, 0.1) is 27.2 Å². The first-order chi connectivity index (χ1) is 9.88. The van der Waals surface area contributed by atoms with Gasteiger partial charge in [0.15, 0.2) is 0 Å². The second-order valence-electron chi connectivity index (χ2n) is 4.49. The first-order valence-electron chi connectivity index (χ1n) is 5.97. The Hall–Kier alpha value is -3.03. The van der Waals surface area contributed by atoms with E-state index in [0.717, 1.165) is 0 Å². The molecule has 0 saturated heterocycles. The average molecular weight is 289 g/mol. The highest BCUT2D eigenvalue weighted by Gasteiger charge is 2.13. The Balaban J connectivity index is 2.35. The number of hydrogen-bond donors (Lipinski definition) is 0. The first-order valence-corrected chi connectivity index (χ1v) is 5.97. The van der Waals surface area contributed by atoms with E-state index in [2.05, 4.69) is 0 Å². The Bertz CT molecular complexity index is 764. The molecule has 0 saturated carbocycles. The Morgan fingerprint density at radius 1 is 1.10 bits per heavy atom. The van der Waals surface area contributed by atoms with Crippen LogP contribution in [-0.2, 0) is 6.54 Å².